The van der Waals surface area contributed by atoms with Crippen LogP contribution in [0.1, 0.15) is 16.7 Å². The lowest BCUT2D eigenvalue weighted by Crippen LogP contribution is -2.00. The van der Waals surface area contributed by atoms with Gasteiger partial charge in [-0.15, -0.1) is 0 Å². The summed E-state index contributed by atoms with van der Waals surface area (Å²) in [6, 6.07) is 9.27. The Hall–Kier alpha value is -2.26. The van der Waals surface area contributed by atoms with Gasteiger partial charge in [0.05, 0.1) is 23.3 Å². The Morgan fingerprint density at radius 2 is 1.67 bits per heavy atom. The molecule has 15 heavy (non-hydrogen) atoms. The summed E-state index contributed by atoms with van der Waals surface area (Å²) >= 11 is 0. The van der Waals surface area contributed by atoms with Crippen LogP contribution in [0, 0.1) is 22.7 Å². The molecule has 0 saturated carbocycles. The van der Waals surface area contributed by atoms with Crippen LogP contribution in [0.5, 0.6) is 0 Å². The predicted octanol–water partition coefficient (Wildman–Crippen LogP) is 1.96. The Labute approximate surface area is 89.5 Å². The molecule has 0 spiro atoms. The molecule has 0 unspecified atom stereocenters. The summed E-state index contributed by atoms with van der Waals surface area (Å²) in [5.74, 6) is 0. The van der Waals surface area contributed by atoms with Gasteiger partial charge in [0.1, 0.15) is 0 Å². The van der Waals surface area contributed by atoms with E-state index in [1.54, 1.807) is 24.3 Å². The van der Waals surface area contributed by atoms with E-state index in [0.29, 0.717) is 16.7 Å². The first-order chi connectivity index (χ1) is 7.19. The topological polar surface area (TPSA) is 50.8 Å². The average Bonchev–Trinajstić information content (AvgIpc) is 2.25. The number of hydrogen-bond donors (Lipinski definition) is 0. The monoisotopic (exact) mass is 197 g/mol. The number of benzene rings is 1. The van der Waals surface area contributed by atoms with Crippen LogP contribution in [-0.4, -0.2) is 19.0 Å². The fourth-order valence-corrected chi connectivity index (χ4v) is 1.16. The largest absolute Gasteiger partial charge is 0.383 e. The molecule has 0 heterocycles. The van der Waals surface area contributed by atoms with Gasteiger partial charge in [-0.25, -0.2) is 0 Å². The zero-order valence-electron chi connectivity index (χ0n) is 8.73. The second-order valence-corrected chi connectivity index (χ2v) is 3.27. The second kappa shape index (κ2) is 4.83. The fraction of sp³-hybridized carbons (Fsp3) is 0.167. The normalized spacial score (nSPS) is 9.60. The maximum absolute atomic E-state index is 8.90. The molecule has 0 aliphatic rings. The molecule has 0 saturated heterocycles. The third-order valence-electron chi connectivity index (χ3n) is 1.89. The molecule has 0 N–H and O–H groups in total. The highest BCUT2D eigenvalue weighted by molar-refractivity contribution is 5.64. The molecule has 0 bridgehead atoms. The molecular formula is C12H11N3. The van der Waals surface area contributed by atoms with Crippen molar-refractivity contribution < 1.29 is 0 Å². The first-order valence-corrected chi connectivity index (χ1v) is 4.47. The molecule has 0 atom stereocenters. The lowest BCUT2D eigenvalue weighted by Gasteiger charge is -2.05. The summed E-state index contributed by atoms with van der Waals surface area (Å²) in [4.78, 5) is 1.86. The lowest BCUT2D eigenvalue weighted by atomic mass is 10.0. The van der Waals surface area contributed by atoms with Gasteiger partial charge in [0.25, 0.3) is 0 Å². The molecule has 0 aliphatic carbocycles. The minimum absolute atomic E-state index is 0.521. The van der Waals surface area contributed by atoms with Crippen molar-refractivity contribution in [2.75, 3.05) is 14.1 Å². The van der Waals surface area contributed by atoms with E-state index in [1.165, 1.54) is 0 Å². The molecule has 1 rings (SSSR count). The van der Waals surface area contributed by atoms with Gasteiger partial charge < -0.3 is 4.90 Å². The van der Waals surface area contributed by atoms with E-state index in [-0.39, 0.29) is 0 Å². The van der Waals surface area contributed by atoms with E-state index >= 15 is 0 Å². The Balaban J connectivity index is 3.26. The van der Waals surface area contributed by atoms with Crippen molar-refractivity contribution in [2.45, 2.75) is 0 Å². The molecule has 0 aliphatic heterocycles. The summed E-state index contributed by atoms with van der Waals surface area (Å²) in [5.41, 5.74) is 1.72. The van der Waals surface area contributed by atoms with Gasteiger partial charge in [-0.1, -0.05) is 6.07 Å². The first kappa shape index (κ1) is 10.8. The van der Waals surface area contributed by atoms with E-state index in [0.717, 1.165) is 0 Å². The van der Waals surface area contributed by atoms with Gasteiger partial charge in [0, 0.05) is 19.7 Å². The Kier molecular flexibility index (Phi) is 3.49. The van der Waals surface area contributed by atoms with E-state index in [1.807, 2.05) is 25.2 Å². The van der Waals surface area contributed by atoms with Gasteiger partial charge in [0.15, 0.2) is 0 Å². The minimum atomic E-state index is 0.521. The van der Waals surface area contributed by atoms with Gasteiger partial charge in [-0.2, -0.15) is 10.5 Å². The van der Waals surface area contributed by atoms with Crippen LogP contribution in [0.2, 0.25) is 0 Å². The van der Waals surface area contributed by atoms with E-state index in [2.05, 4.69) is 12.1 Å². The summed E-state index contributed by atoms with van der Waals surface area (Å²) in [5, 5.41) is 17.8. The van der Waals surface area contributed by atoms with Crippen molar-refractivity contribution in [3.05, 3.63) is 41.1 Å². The number of hydrogen-bond acceptors (Lipinski definition) is 3. The summed E-state index contributed by atoms with van der Waals surface area (Å²) in [7, 11) is 3.77. The van der Waals surface area contributed by atoms with Crippen LogP contribution >= 0.6 is 0 Å². The molecule has 0 fully saturated rings. The summed E-state index contributed by atoms with van der Waals surface area (Å²) in [6.07, 6.45) is 3.59. The van der Waals surface area contributed by atoms with Crippen LogP contribution in [0.4, 0.5) is 0 Å². The summed E-state index contributed by atoms with van der Waals surface area (Å²) in [6.45, 7) is 0. The fourth-order valence-electron chi connectivity index (χ4n) is 1.16. The number of rotatable bonds is 2. The maximum atomic E-state index is 8.90. The SMILES string of the molecule is CN(C)C=Cc1c(C#N)cccc1C#N. The van der Waals surface area contributed by atoms with Crippen molar-refractivity contribution >= 4 is 6.08 Å². The molecule has 3 heteroatoms. The van der Waals surface area contributed by atoms with Crippen LogP contribution < -0.4 is 0 Å². The highest BCUT2D eigenvalue weighted by atomic mass is 15.0. The molecular weight excluding hydrogens is 186 g/mol. The van der Waals surface area contributed by atoms with Crippen LogP contribution in [-0.2, 0) is 0 Å². The van der Waals surface area contributed by atoms with Gasteiger partial charge >= 0.3 is 0 Å². The molecule has 0 radical (unpaired) electrons. The molecule has 0 aromatic heterocycles. The average molecular weight is 197 g/mol. The molecule has 3 nitrogen and oxygen atoms in total. The highest BCUT2D eigenvalue weighted by Gasteiger charge is 2.03. The van der Waals surface area contributed by atoms with Crippen molar-refractivity contribution in [2.24, 2.45) is 0 Å². The molecule has 1 aromatic carbocycles. The Morgan fingerprint density at radius 3 is 2.07 bits per heavy atom. The summed E-state index contributed by atoms with van der Waals surface area (Å²) < 4.78 is 0. The van der Waals surface area contributed by atoms with Crippen LogP contribution in [0.3, 0.4) is 0 Å². The zero-order chi connectivity index (χ0) is 11.3. The predicted molar refractivity (Wildman–Crippen MR) is 58.6 cm³/mol. The van der Waals surface area contributed by atoms with Crippen molar-refractivity contribution in [3.63, 3.8) is 0 Å². The lowest BCUT2D eigenvalue weighted by molar-refractivity contribution is 0.567. The third-order valence-corrected chi connectivity index (χ3v) is 1.89. The van der Waals surface area contributed by atoms with E-state index < -0.39 is 0 Å². The first-order valence-electron chi connectivity index (χ1n) is 4.47. The molecule has 74 valence electrons. The van der Waals surface area contributed by atoms with Crippen LogP contribution in [0.15, 0.2) is 24.4 Å². The van der Waals surface area contributed by atoms with E-state index in [9.17, 15) is 0 Å². The van der Waals surface area contributed by atoms with Crippen molar-refractivity contribution in [1.29, 1.82) is 10.5 Å². The maximum Gasteiger partial charge on any atom is 0.0998 e. The minimum Gasteiger partial charge on any atom is -0.383 e. The van der Waals surface area contributed by atoms with E-state index in [4.69, 9.17) is 10.5 Å². The quantitative estimate of drug-likeness (QED) is 0.728. The molecule has 1 aromatic rings. The molecule has 0 amide bonds. The van der Waals surface area contributed by atoms with Crippen molar-refractivity contribution in [1.82, 2.24) is 4.90 Å². The van der Waals surface area contributed by atoms with Gasteiger partial charge in [-0.05, 0) is 24.4 Å². The van der Waals surface area contributed by atoms with Crippen molar-refractivity contribution in [3.8, 4) is 12.1 Å². The second-order valence-electron chi connectivity index (χ2n) is 3.27. The number of nitrogens with zero attached hydrogens (tertiary/aromatic N) is 3. The zero-order valence-corrected chi connectivity index (χ0v) is 8.73. The van der Waals surface area contributed by atoms with Crippen LogP contribution in [0.25, 0.3) is 6.08 Å². The highest BCUT2D eigenvalue weighted by Crippen LogP contribution is 2.15. The van der Waals surface area contributed by atoms with Gasteiger partial charge in [-0.3, -0.25) is 0 Å². The third kappa shape index (κ3) is 2.59. The standard InChI is InChI=1S/C12H11N3/c1-15(2)7-6-12-10(8-13)4-3-5-11(12)9-14/h3-7H,1-2H3. The number of nitriles is 2. The smallest absolute Gasteiger partial charge is 0.0998 e. The van der Waals surface area contributed by atoms with Gasteiger partial charge in [0.2, 0.25) is 0 Å². The Morgan fingerprint density at radius 1 is 1.13 bits per heavy atom. The Bertz CT molecular complexity index is 426.